The summed E-state index contributed by atoms with van der Waals surface area (Å²) in [5.74, 6) is -1.75. The maximum absolute atomic E-state index is 12.9. The van der Waals surface area contributed by atoms with Gasteiger partial charge in [-0.25, -0.2) is 13.3 Å². The van der Waals surface area contributed by atoms with Crippen LogP contribution < -0.4 is 4.90 Å². The molecule has 0 atom stereocenters. The summed E-state index contributed by atoms with van der Waals surface area (Å²) in [4.78, 5) is 39.3. The van der Waals surface area contributed by atoms with E-state index >= 15 is 0 Å². The van der Waals surface area contributed by atoms with E-state index in [0.29, 0.717) is 16.7 Å². The highest BCUT2D eigenvalue weighted by atomic mass is 32.2. The number of amides is 2. The van der Waals surface area contributed by atoms with Crippen molar-refractivity contribution in [1.82, 2.24) is 0 Å². The van der Waals surface area contributed by atoms with Crippen molar-refractivity contribution in [2.75, 3.05) is 4.90 Å². The van der Waals surface area contributed by atoms with Gasteiger partial charge in [-0.05, 0) is 61.4 Å². The van der Waals surface area contributed by atoms with Crippen LogP contribution in [0.4, 0.5) is 18.9 Å². The van der Waals surface area contributed by atoms with Crippen LogP contribution >= 0.6 is 0 Å². The standard InChI is InChI=1S/C27H22F3NO5S/c1-16(2)37(35,36)15-17-3-6-19(7-4-17)24(32)14-18-5-12-22-23(13-18)26(34)31(25(22)33)21-10-8-20(9-11-21)27(28,29)30/h3-13,16H,14-15H2,1-2H3. The van der Waals surface area contributed by atoms with Crippen LogP contribution in [0.3, 0.4) is 0 Å². The zero-order valence-electron chi connectivity index (χ0n) is 19.9. The molecular formula is C27H22F3NO5S. The molecule has 0 N–H and O–H groups in total. The first-order valence-corrected chi connectivity index (χ1v) is 13.0. The molecule has 0 saturated carbocycles. The highest BCUT2D eigenvalue weighted by Crippen LogP contribution is 2.33. The number of hydrogen-bond donors (Lipinski definition) is 0. The quantitative estimate of drug-likeness (QED) is 0.308. The summed E-state index contributed by atoms with van der Waals surface area (Å²) in [6.45, 7) is 3.20. The first-order valence-electron chi connectivity index (χ1n) is 11.3. The Hall–Kier alpha value is -3.79. The molecule has 2 amide bonds. The van der Waals surface area contributed by atoms with Gasteiger partial charge in [0.2, 0.25) is 0 Å². The van der Waals surface area contributed by atoms with E-state index in [4.69, 9.17) is 0 Å². The first-order chi connectivity index (χ1) is 17.3. The summed E-state index contributed by atoms with van der Waals surface area (Å²) in [5, 5.41) is -0.515. The number of hydrogen-bond acceptors (Lipinski definition) is 5. The van der Waals surface area contributed by atoms with Gasteiger partial charge in [-0.1, -0.05) is 30.3 Å². The lowest BCUT2D eigenvalue weighted by atomic mass is 9.99. The van der Waals surface area contributed by atoms with Crippen LogP contribution in [-0.2, 0) is 28.2 Å². The van der Waals surface area contributed by atoms with Crippen molar-refractivity contribution in [2.45, 2.75) is 37.4 Å². The molecule has 4 rings (SSSR count). The first kappa shape index (κ1) is 26.3. The predicted octanol–water partition coefficient (Wildman–Crippen LogP) is 5.25. The SMILES string of the molecule is CC(C)S(=O)(=O)Cc1ccc(C(=O)Cc2ccc3c(c2)C(=O)N(c2ccc(C(F)(F)F)cc2)C3=O)cc1. The Bertz CT molecular complexity index is 1490. The zero-order valence-corrected chi connectivity index (χ0v) is 20.7. The molecule has 192 valence electrons. The number of halogens is 3. The summed E-state index contributed by atoms with van der Waals surface area (Å²) >= 11 is 0. The average molecular weight is 530 g/mol. The largest absolute Gasteiger partial charge is 0.416 e. The van der Waals surface area contributed by atoms with Crippen LogP contribution in [0.5, 0.6) is 0 Å². The van der Waals surface area contributed by atoms with Crippen LogP contribution in [0.15, 0.2) is 66.7 Å². The molecule has 0 unspecified atom stereocenters. The van der Waals surface area contributed by atoms with Gasteiger partial charge >= 0.3 is 6.18 Å². The van der Waals surface area contributed by atoms with Gasteiger partial charge < -0.3 is 0 Å². The minimum atomic E-state index is -4.55. The number of carbonyl (C=O) groups excluding carboxylic acids is 3. The van der Waals surface area contributed by atoms with E-state index in [9.17, 15) is 36.0 Å². The van der Waals surface area contributed by atoms with E-state index in [1.165, 1.54) is 12.1 Å². The van der Waals surface area contributed by atoms with Gasteiger partial charge in [0.1, 0.15) is 0 Å². The third-order valence-electron chi connectivity index (χ3n) is 6.13. The molecule has 37 heavy (non-hydrogen) atoms. The number of sulfone groups is 1. The second kappa shape index (κ2) is 9.59. The zero-order chi connectivity index (χ0) is 27.1. The Kier molecular flexibility index (Phi) is 6.81. The number of benzene rings is 3. The van der Waals surface area contributed by atoms with Crippen LogP contribution in [-0.4, -0.2) is 31.3 Å². The lowest BCUT2D eigenvalue weighted by molar-refractivity contribution is -0.137. The van der Waals surface area contributed by atoms with Gasteiger partial charge in [0.25, 0.3) is 11.8 Å². The van der Waals surface area contributed by atoms with E-state index in [1.54, 1.807) is 44.2 Å². The highest BCUT2D eigenvalue weighted by Gasteiger charge is 2.37. The normalized spacial score (nSPS) is 13.8. The van der Waals surface area contributed by atoms with Crippen molar-refractivity contribution in [1.29, 1.82) is 0 Å². The van der Waals surface area contributed by atoms with Gasteiger partial charge in [0.05, 0.1) is 33.4 Å². The third-order valence-corrected chi connectivity index (χ3v) is 8.30. The lowest BCUT2D eigenvalue weighted by Gasteiger charge is -2.15. The number of rotatable bonds is 7. The van der Waals surface area contributed by atoms with E-state index in [-0.39, 0.29) is 34.8 Å². The number of fused-ring (bicyclic) bond motifs is 1. The van der Waals surface area contributed by atoms with Crippen molar-refractivity contribution < 1.29 is 36.0 Å². The molecule has 3 aromatic carbocycles. The van der Waals surface area contributed by atoms with Crippen molar-refractivity contribution >= 4 is 33.1 Å². The maximum Gasteiger partial charge on any atom is 0.416 e. The molecular weight excluding hydrogens is 507 g/mol. The van der Waals surface area contributed by atoms with Gasteiger partial charge in [0.15, 0.2) is 15.6 Å². The summed E-state index contributed by atoms with van der Waals surface area (Å²) in [5.41, 5.74) is 0.668. The summed E-state index contributed by atoms with van der Waals surface area (Å²) in [6, 6.07) is 14.4. The molecule has 10 heteroatoms. The summed E-state index contributed by atoms with van der Waals surface area (Å²) in [7, 11) is -3.28. The Balaban J connectivity index is 1.50. The number of alkyl halides is 3. The molecule has 0 radical (unpaired) electrons. The smallest absolute Gasteiger partial charge is 0.294 e. The number of nitrogens with zero attached hydrogens (tertiary/aromatic N) is 1. The Labute approximate surface area is 211 Å². The molecule has 0 aromatic heterocycles. The van der Waals surface area contributed by atoms with Crippen molar-refractivity contribution in [2.24, 2.45) is 0 Å². The van der Waals surface area contributed by atoms with Crippen LogP contribution in [0.25, 0.3) is 0 Å². The topological polar surface area (TPSA) is 88.6 Å². The molecule has 0 bridgehead atoms. The second-order valence-electron chi connectivity index (χ2n) is 9.02. The Morgan fingerprint density at radius 1 is 0.838 bits per heavy atom. The van der Waals surface area contributed by atoms with E-state index in [2.05, 4.69) is 0 Å². The van der Waals surface area contributed by atoms with Gasteiger partial charge in [-0.15, -0.1) is 0 Å². The van der Waals surface area contributed by atoms with E-state index < -0.39 is 38.6 Å². The van der Waals surface area contributed by atoms with Crippen LogP contribution in [0, 0.1) is 0 Å². The predicted molar refractivity (Wildman–Crippen MR) is 131 cm³/mol. The number of carbonyl (C=O) groups is 3. The molecule has 0 saturated heterocycles. The van der Waals surface area contributed by atoms with Crippen LogP contribution in [0.2, 0.25) is 0 Å². The number of ketones is 1. The van der Waals surface area contributed by atoms with Crippen molar-refractivity contribution in [3.05, 3.63) is 100 Å². The summed E-state index contributed by atoms with van der Waals surface area (Å²) < 4.78 is 62.8. The van der Waals surface area contributed by atoms with Crippen LogP contribution in [0.1, 0.15) is 61.6 Å². The van der Waals surface area contributed by atoms with E-state index in [1.807, 2.05) is 0 Å². The molecule has 6 nitrogen and oxygen atoms in total. The molecule has 1 heterocycles. The number of anilines is 1. The molecule has 0 aliphatic carbocycles. The molecule has 0 spiro atoms. The van der Waals surface area contributed by atoms with Gasteiger partial charge in [-0.2, -0.15) is 13.2 Å². The highest BCUT2D eigenvalue weighted by molar-refractivity contribution is 7.91. The molecule has 0 fully saturated rings. The van der Waals surface area contributed by atoms with Crippen molar-refractivity contribution in [3.8, 4) is 0 Å². The van der Waals surface area contributed by atoms with Gasteiger partial charge in [0, 0.05) is 12.0 Å². The average Bonchev–Trinajstić information content (AvgIpc) is 3.08. The lowest BCUT2D eigenvalue weighted by Crippen LogP contribution is -2.29. The van der Waals surface area contributed by atoms with Gasteiger partial charge in [-0.3, -0.25) is 14.4 Å². The number of Topliss-reactive ketones (excluding diaryl/α,β-unsaturated/α-hetero) is 1. The fourth-order valence-electron chi connectivity index (χ4n) is 3.91. The minimum Gasteiger partial charge on any atom is -0.294 e. The van der Waals surface area contributed by atoms with Crippen molar-refractivity contribution in [3.63, 3.8) is 0 Å². The molecule has 1 aliphatic heterocycles. The Morgan fingerprint density at radius 2 is 1.41 bits per heavy atom. The fraction of sp³-hybridized carbons (Fsp3) is 0.222. The summed E-state index contributed by atoms with van der Waals surface area (Å²) in [6.07, 6.45) is -4.62. The second-order valence-corrected chi connectivity index (χ2v) is 11.6. The van der Waals surface area contributed by atoms with E-state index in [0.717, 1.165) is 29.2 Å². The maximum atomic E-state index is 12.9. The fourth-order valence-corrected chi connectivity index (χ4v) is 4.90. The third kappa shape index (κ3) is 5.34. The number of imide groups is 1. The molecule has 3 aromatic rings. The Morgan fingerprint density at radius 3 is 1.97 bits per heavy atom. The monoisotopic (exact) mass is 529 g/mol. The minimum absolute atomic E-state index is 0.0106. The molecule has 1 aliphatic rings.